The molecule has 0 bridgehead atoms. The van der Waals surface area contributed by atoms with Gasteiger partial charge in [0.1, 0.15) is 12.1 Å². The third kappa shape index (κ3) is 3.15. The molecule has 1 aromatic carbocycles. The smallest absolute Gasteiger partial charge is 0.327 e. The maximum Gasteiger partial charge on any atom is 0.327 e. The minimum Gasteiger partial charge on any atom is -0.464 e. The fourth-order valence-electron chi connectivity index (χ4n) is 1.63. The maximum absolute atomic E-state index is 12.0. The van der Waals surface area contributed by atoms with Gasteiger partial charge < -0.3 is 4.74 Å². The van der Waals surface area contributed by atoms with Crippen LogP contribution in [0.5, 0.6) is 0 Å². The van der Waals surface area contributed by atoms with E-state index in [0.717, 1.165) is 17.5 Å². The highest BCUT2D eigenvalue weighted by Crippen LogP contribution is 2.03. The number of benzene rings is 1. The first-order valence-corrected chi connectivity index (χ1v) is 6.20. The summed E-state index contributed by atoms with van der Waals surface area (Å²) in [6, 6.07) is 6.88. The van der Waals surface area contributed by atoms with E-state index in [2.05, 4.69) is 10.3 Å². The Kier molecular flexibility index (Phi) is 4.22. The largest absolute Gasteiger partial charge is 0.464 e. The van der Waals surface area contributed by atoms with Crippen molar-refractivity contribution in [2.45, 2.75) is 26.3 Å². The lowest BCUT2D eigenvalue weighted by Gasteiger charge is -2.05. The Morgan fingerprint density at radius 3 is 2.95 bits per heavy atom. The molecule has 0 N–H and O–H groups in total. The zero-order valence-corrected chi connectivity index (χ0v) is 10.7. The van der Waals surface area contributed by atoms with Crippen LogP contribution in [0, 0.1) is 0 Å². The molecule has 0 unspecified atom stereocenters. The first kappa shape index (κ1) is 13.2. The van der Waals surface area contributed by atoms with Crippen LogP contribution < -0.4 is 5.56 Å². The van der Waals surface area contributed by atoms with Crippen molar-refractivity contribution in [2.75, 3.05) is 6.61 Å². The van der Waals surface area contributed by atoms with Gasteiger partial charge in [0, 0.05) is 0 Å². The van der Waals surface area contributed by atoms with Gasteiger partial charge >= 0.3 is 5.97 Å². The van der Waals surface area contributed by atoms with E-state index in [1.54, 1.807) is 24.3 Å². The van der Waals surface area contributed by atoms with E-state index in [-0.39, 0.29) is 12.1 Å². The first-order chi connectivity index (χ1) is 9.22. The Bertz CT molecular complexity index is 636. The Balaban J connectivity index is 2.15. The summed E-state index contributed by atoms with van der Waals surface area (Å²) < 4.78 is 6.01. The van der Waals surface area contributed by atoms with E-state index < -0.39 is 5.97 Å². The average molecular weight is 261 g/mol. The number of carbonyl (C=O) groups is 1. The van der Waals surface area contributed by atoms with Crippen molar-refractivity contribution in [2.24, 2.45) is 0 Å². The van der Waals surface area contributed by atoms with E-state index in [1.807, 2.05) is 6.92 Å². The Labute approximate surface area is 110 Å². The molecular formula is C13H15N3O3. The molecule has 100 valence electrons. The number of carbonyl (C=O) groups excluding carboxylic acids is 1. The van der Waals surface area contributed by atoms with Gasteiger partial charge in [-0.1, -0.05) is 30.7 Å². The van der Waals surface area contributed by atoms with Crippen molar-refractivity contribution in [1.29, 1.82) is 0 Å². The highest BCUT2D eigenvalue weighted by atomic mass is 16.5. The zero-order chi connectivity index (χ0) is 13.7. The molecule has 0 radical (unpaired) electrons. The number of esters is 1. The highest BCUT2D eigenvalue weighted by molar-refractivity contribution is 5.77. The van der Waals surface area contributed by atoms with E-state index >= 15 is 0 Å². The standard InChI is InChI=1S/C13H15N3O3/c1-2-3-8-19-12(17)9-16-13(18)10-6-4-5-7-11(10)14-15-16/h4-7H,2-3,8-9H2,1H3. The molecule has 0 saturated carbocycles. The van der Waals surface area contributed by atoms with Gasteiger partial charge in [0.25, 0.3) is 5.56 Å². The molecule has 1 aromatic heterocycles. The minimum absolute atomic E-state index is 0.208. The first-order valence-electron chi connectivity index (χ1n) is 6.20. The molecule has 0 spiro atoms. The summed E-state index contributed by atoms with van der Waals surface area (Å²) in [5.41, 5.74) is 0.182. The van der Waals surface area contributed by atoms with Crippen LogP contribution in [0.2, 0.25) is 0 Å². The molecular weight excluding hydrogens is 246 g/mol. The number of ether oxygens (including phenoxy) is 1. The van der Waals surface area contributed by atoms with Gasteiger partial charge in [-0.15, -0.1) is 5.10 Å². The molecule has 1 heterocycles. The van der Waals surface area contributed by atoms with Gasteiger partial charge in [0.15, 0.2) is 0 Å². The van der Waals surface area contributed by atoms with Gasteiger partial charge in [-0.3, -0.25) is 9.59 Å². The lowest BCUT2D eigenvalue weighted by atomic mass is 10.2. The van der Waals surface area contributed by atoms with Gasteiger partial charge in [-0.2, -0.15) is 4.68 Å². The van der Waals surface area contributed by atoms with Gasteiger partial charge in [0.05, 0.1) is 12.0 Å². The number of unbranched alkanes of at least 4 members (excludes halogenated alkanes) is 1. The monoisotopic (exact) mass is 261 g/mol. The van der Waals surface area contributed by atoms with Crippen LogP contribution in [-0.2, 0) is 16.1 Å². The van der Waals surface area contributed by atoms with Crippen molar-refractivity contribution in [3.05, 3.63) is 34.6 Å². The molecule has 2 aromatic rings. The van der Waals surface area contributed by atoms with Crippen molar-refractivity contribution in [3.8, 4) is 0 Å². The summed E-state index contributed by atoms with van der Waals surface area (Å²) in [7, 11) is 0. The molecule has 0 saturated heterocycles. The molecule has 0 aliphatic heterocycles. The lowest BCUT2D eigenvalue weighted by Crippen LogP contribution is -2.28. The van der Waals surface area contributed by atoms with Crippen LogP contribution in [0.15, 0.2) is 29.1 Å². The van der Waals surface area contributed by atoms with E-state index in [9.17, 15) is 9.59 Å². The van der Waals surface area contributed by atoms with Crippen LogP contribution in [0.1, 0.15) is 19.8 Å². The fraction of sp³-hybridized carbons (Fsp3) is 0.385. The summed E-state index contributed by atoms with van der Waals surface area (Å²) >= 11 is 0. The van der Waals surface area contributed by atoms with Crippen LogP contribution in [0.25, 0.3) is 10.9 Å². The number of hydrogen-bond donors (Lipinski definition) is 0. The Hall–Kier alpha value is -2.24. The van der Waals surface area contributed by atoms with Crippen LogP contribution in [-0.4, -0.2) is 27.6 Å². The SMILES string of the molecule is CCCCOC(=O)Cn1nnc2ccccc2c1=O. The van der Waals surface area contributed by atoms with E-state index in [1.165, 1.54) is 0 Å². The lowest BCUT2D eigenvalue weighted by molar-refractivity contribution is -0.144. The average Bonchev–Trinajstić information content (AvgIpc) is 2.43. The summed E-state index contributed by atoms with van der Waals surface area (Å²) in [5.74, 6) is -0.472. The second-order valence-corrected chi connectivity index (χ2v) is 4.14. The number of fused-ring (bicyclic) bond motifs is 1. The molecule has 0 atom stereocenters. The molecule has 0 fully saturated rings. The second-order valence-electron chi connectivity index (χ2n) is 4.14. The molecule has 19 heavy (non-hydrogen) atoms. The van der Waals surface area contributed by atoms with Crippen molar-refractivity contribution in [3.63, 3.8) is 0 Å². The predicted octanol–water partition coefficient (Wildman–Crippen LogP) is 1.13. The Morgan fingerprint density at radius 2 is 2.16 bits per heavy atom. The number of rotatable bonds is 5. The summed E-state index contributed by atoms with van der Waals surface area (Å²) in [6.07, 6.45) is 1.76. The normalized spacial score (nSPS) is 10.6. The predicted molar refractivity (Wildman–Crippen MR) is 69.7 cm³/mol. The van der Waals surface area contributed by atoms with Gasteiger partial charge in [-0.05, 0) is 18.6 Å². The van der Waals surface area contributed by atoms with Crippen LogP contribution in [0.3, 0.4) is 0 Å². The number of nitrogens with zero attached hydrogens (tertiary/aromatic N) is 3. The summed E-state index contributed by atoms with van der Waals surface area (Å²) in [5, 5.41) is 8.07. The summed E-state index contributed by atoms with van der Waals surface area (Å²) in [4.78, 5) is 23.6. The topological polar surface area (TPSA) is 74.1 Å². The molecule has 0 aliphatic rings. The second kappa shape index (κ2) is 6.08. The van der Waals surface area contributed by atoms with Crippen molar-refractivity contribution >= 4 is 16.9 Å². The Morgan fingerprint density at radius 1 is 1.37 bits per heavy atom. The highest BCUT2D eigenvalue weighted by Gasteiger charge is 2.09. The molecule has 2 rings (SSSR count). The van der Waals surface area contributed by atoms with Crippen molar-refractivity contribution in [1.82, 2.24) is 15.0 Å². The summed E-state index contributed by atoms with van der Waals surface area (Å²) in [6.45, 7) is 2.17. The van der Waals surface area contributed by atoms with E-state index in [0.29, 0.717) is 17.5 Å². The maximum atomic E-state index is 12.0. The zero-order valence-electron chi connectivity index (χ0n) is 10.7. The van der Waals surface area contributed by atoms with Gasteiger partial charge in [-0.25, -0.2) is 0 Å². The molecule has 6 heteroatoms. The molecule has 6 nitrogen and oxygen atoms in total. The quantitative estimate of drug-likeness (QED) is 0.596. The third-order valence-electron chi connectivity index (χ3n) is 2.67. The van der Waals surface area contributed by atoms with Crippen LogP contribution >= 0.6 is 0 Å². The molecule has 0 amide bonds. The van der Waals surface area contributed by atoms with Crippen LogP contribution in [0.4, 0.5) is 0 Å². The number of aromatic nitrogens is 3. The van der Waals surface area contributed by atoms with Gasteiger partial charge in [0.2, 0.25) is 0 Å². The molecule has 0 aliphatic carbocycles. The fourth-order valence-corrected chi connectivity index (χ4v) is 1.63. The third-order valence-corrected chi connectivity index (χ3v) is 2.67. The number of hydrogen-bond acceptors (Lipinski definition) is 5. The van der Waals surface area contributed by atoms with E-state index in [4.69, 9.17) is 4.74 Å². The minimum atomic E-state index is -0.472. The van der Waals surface area contributed by atoms with Crippen molar-refractivity contribution < 1.29 is 9.53 Å².